The van der Waals surface area contributed by atoms with Crippen LogP contribution in [0.3, 0.4) is 0 Å². The SMILES string of the molecule is C[C@@H](C=CC(=O)O)CNC(=O)OC(C)(C)C. The van der Waals surface area contributed by atoms with E-state index < -0.39 is 17.7 Å². The lowest BCUT2D eigenvalue weighted by molar-refractivity contribution is -0.131. The molecule has 0 unspecified atom stereocenters. The van der Waals surface area contributed by atoms with Crippen molar-refractivity contribution in [1.82, 2.24) is 5.32 Å². The molecule has 92 valence electrons. The zero-order valence-corrected chi connectivity index (χ0v) is 10.1. The van der Waals surface area contributed by atoms with Crippen LogP contribution in [0.2, 0.25) is 0 Å². The topological polar surface area (TPSA) is 75.6 Å². The predicted molar refractivity (Wildman–Crippen MR) is 60.2 cm³/mol. The molecule has 0 aromatic heterocycles. The van der Waals surface area contributed by atoms with Crippen LogP contribution < -0.4 is 5.32 Å². The number of ether oxygens (including phenoxy) is 1. The minimum absolute atomic E-state index is 0.0522. The maximum Gasteiger partial charge on any atom is 0.407 e. The number of amides is 1. The maximum atomic E-state index is 11.2. The largest absolute Gasteiger partial charge is 0.478 e. The Morgan fingerprint density at radius 3 is 2.44 bits per heavy atom. The molecule has 0 aliphatic rings. The first-order chi connectivity index (χ1) is 7.20. The quantitative estimate of drug-likeness (QED) is 0.720. The molecular weight excluding hydrogens is 210 g/mol. The summed E-state index contributed by atoms with van der Waals surface area (Å²) in [5.74, 6) is -1.05. The summed E-state index contributed by atoms with van der Waals surface area (Å²) in [7, 11) is 0. The number of carboxylic acid groups (broad SMARTS) is 1. The molecule has 0 bridgehead atoms. The van der Waals surface area contributed by atoms with Crippen molar-refractivity contribution >= 4 is 12.1 Å². The Morgan fingerprint density at radius 2 is 2.00 bits per heavy atom. The van der Waals surface area contributed by atoms with Crippen LogP contribution in [0.4, 0.5) is 4.79 Å². The second-order valence-electron chi connectivity index (χ2n) is 4.56. The number of carbonyl (C=O) groups excluding carboxylic acids is 1. The minimum Gasteiger partial charge on any atom is -0.478 e. The Balaban J connectivity index is 3.88. The van der Waals surface area contributed by atoms with Gasteiger partial charge >= 0.3 is 12.1 Å². The summed E-state index contributed by atoms with van der Waals surface area (Å²) < 4.78 is 5.02. The fraction of sp³-hybridized carbons (Fsp3) is 0.636. The second kappa shape index (κ2) is 6.15. The third-order valence-corrected chi connectivity index (χ3v) is 1.53. The smallest absolute Gasteiger partial charge is 0.407 e. The van der Waals surface area contributed by atoms with Crippen molar-refractivity contribution in [2.45, 2.75) is 33.3 Å². The van der Waals surface area contributed by atoms with E-state index in [0.29, 0.717) is 6.54 Å². The lowest BCUT2D eigenvalue weighted by Crippen LogP contribution is -2.34. The van der Waals surface area contributed by atoms with E-state index in [4.69, 9.17) is 9.84 Å². The molecule has 1 atom stereocenters. The molecule has 16 heavy (non-hydrogen) atoms. The molecule has 0 saturated heterocycles. The molecule has 0 spiro atoms. The van der Waals surface area contributed by atoms with Crippen LogP contribution in [-0.2, 0) is 9.53 Å². The fourth-order valence-electron chi connectivity index (χ4n) is 0.873. The van der Waals surface area contributed by atoms with Gasteiger partial charge in [-0.05, 0) is 26.7 Å². The van der Waals surface area contributed by atoms with E-state index in [9.17, 15) is 9.59 Å². The Morgan fingerprint density at radius 1 is 1.44 bits per heavy atom. The monoisotopic (exact) mass is 229 g/mol. The van der Waals surface area contributed by atoms with Gasteiger partial charge in [-0.15, -0.1) is 0 Å². The summed E-state index contributed by atoms with van der Waals surface area (Å²) in [5.41, 5.74) is -0.524. The van der Waals surface area contributed by atoms with E-state index in [-0.39, 0.29) is 5.92 Å². The molecule has 0 aliphatic heterocycles. The molecule has 0 heterocycles. The number of rotatable bonds is 4. The highest BCUT2D eigenvalue weighted by Gasteiger charge is 2.15. The van der Waals surface area contributed by atoms with Crippen molar-refractivity contribution in [3.05, 3.63) is 12.2 Å². The van der Waals surface area contributed by atoms with Gasteiger partial charge in [-0.1, -0.05) is 13.0 Å². The number of carboxylic acids is 1. The first-order valence-electron chi connectivity index (χ1n) is 5.08. The van der Waals surface area contributed by atoms with Gasteiger partial charge in [0.1, 0.15) is 5.60 Å². The standard InChI is InChI=1S/C11H19NO4/c1-8(5-6-9(13)14)7-12-10(15)16-11(2,3)4/h5-6,8H,7H2,1-4H3,(H,12,15)(H,13,14)/t8-/m0/s1. The fourth-order valence-corrected chi connectivity index (χ4v) is 0.873. The van der Waals surface area contributed by atoms with Crippen molar-refractivity contribution < 1.29 is 19.4 Å². The van der Waals surface area contributed by atoms with Gasteiger partial charge < -0.3 is 15.2 Å². The lowest BCUT2D eigenvalue weighted by atomic mass is 10.1. The van der Waals surface area contributed by atoms with Gasteiger partial charge in [0.05, 0.1) is 0 Å². The zero-order valence-electron chi connectivity index (χ0n) is 10.1. The lowest BCUT2D eigenvalue weighted by Gasteiger charge is -2.20. The summed E-state index contributed by atoms with van der Waals surface area (Å²) in [5, 5.41) is 11.0. The van der Waals surface area contributed by atoms with E-state index in [2.05, 4.69) is 5.32 Å². The van der Waals surface area contributed by atoms with Crippen molar-refractivity contribution in [3.63, 3.8) is 0 Å². The number of nitrogens with one attached hydrogen (secondary N) is 1. The van der Waals surface area contributed by atoms with Crippen molar-refractivity contribution in [1.29, 1.82) is 0 Å². The molecule has 1 amide bonds. The molecule has 2 N–H and O–H groups in total. The highest BCUT2D eigenvalue weighted by Crippen LogP contribution is 2.06. The van der Waals surface area contributed by atoms with Gasteiger partial charge in [-0.3, -0.25) is 0 Å². The highest BCUT2D eigenvalue weighted by atomic mass is 16.6. The summed E-state index contributed by atoms with van der Waals surface area (Å²) >= 11 is 0. The second-order valence-corrected chi connectivity index (χ2v) is 4.56. The van der Waals surface area contributed by atoms with E-state index in [1.807, 2.05) is 0 Å². The third kappa shape index (κ3) is 9.05. The minimum atomic E-state index is -0.996. The zero-order chi connectivity index (χ0) is 12.8. The van der Waals surface area contributed by atoms with Gasteiger partial charge in [0.15, 0.2) is 0 Å². The molecule has 5 nitrogen and oxygen atoms in total. The first kappa shape index (κ1) is 14.5. The molecule has 0 aromatic rings. The average Bonchev–Trinajstić information content (AvgIpc) is 2.08. The average molecular weight is 229 g/mol. The van der Waals surface area contributed by atoms with Crippen LogP contribution in [0, 0.1) is 5.92 Å². The van der Waals surface area contributed by atoms with Crippen molar-refractivity contribution in [2.75, 3.05) is 6.54 Å². The number of aliphatic carboxylic acids is 1. The Labute approximate surface area is 95.5 Å². The summed E-state index contributed by atoms with van der Waals surface area (Å²) in [4.78, 5) is 21.5. The Kier molecular flexibility index (Phi) is 5.56. The van der Waals surface area contributed by atoms with E-state index >= 15 is 0 Å². The van der Waals surface area contributed by atoms with Crippen LogP contribution in [-0.4, -0.2) is 29.3 Å². The Bertz CT molecular complexity index is 278. The number of alkyl carbamates (subject to hydrolysis) is 1. The van der Waals surface area contributed by atoms with Gasteiger partial charge in [0.25, 0.3) is 0 Å². The van der Waals surface area contributed by atoms with Crippen molar-refractivity contribution in [3.8, 4) is 0 Å². The third-order valence-electron chi connectivity index (χ3n) is 1.53. The Hall–Kier alpha value is -1.52. The van der Waals surface area contributed by atoms with Crippen LogP contribution in [0.5, 0.6) is 0 Å². The molecule has 0 aliphatic carbocycles. The summed E-state index contributed by atoms with van der Waals surface area (Å²) in [6, 6.07) is 0. The predicted octanol–water partition coefficient (Wildman–Crippen LogP) is 1.79. The van der Waals surface area contributed by atoms with Crippen LogP contribution >= 0.6 is 0 Å². The van der Waals surface area contributed by atoms with Crippen LogP contribution in [0.15, 0.2) is 12.2 Å². The van der Waals surface area contributed by atoms with Crippen LogP contribution in [0.1, 0.15) is 27.7 Å². The summed E-state index contributed by atoms with van der Waals surface area (Å²) in [6.45, 7) is 7.48. The van der Waals surface area contributed by atoms with E-state index in [0.717, 1.165) is 6.08 Å². The number of carbonyl (C=O) groups is 2. The van der Waals surface area contributed by atoms with Crippen molar-refractivity contribution in [2.24, 2.45) is 5.92 Å². The van der Waals surface area contributed by atoms with E-state index in [1.54, 1.807) is 27.7 Å². The molecular formula is C11H19NO4. The molecule has 5 heteroatoms. The molecule has 0 aromatic carbocycles. The number of hydrogen-bond donors (Lipinski definition) is 2. The highest BCUT2D eigenvalue weighted by molar-refractivity contribution is 5.79. The number of hydrogen-bond acceptors (Lipinski definition) is 3. The van der Waals surface area contributed by atoms with Gasteiger partial charge in [0, 0.05) is 12.6 Å². The first-order valence-corrected chi connectivity index (χ1v) is 5.08. The molecule has 0 fully saturated rings. The molecule has 0 rings (SSSR count). The van der Waals surface area contributed by atoms with Gasteiger partial charge in [-0.25, -0.2) is 9.59 Å². The maximum absolute atomic E-state index is 11.2. The van der Waals surface area contributed by atoms with Gasteiger partial charge in [-0.2, -0.15) is 0 Å². The van der Waals surface area contributed by atoms with Crippen LogP contribution in [0.25, 0.3) is 0 Å². The molecule has 0 saturated carbocycles. The summed E-state index contributed by atoms with van der Waals surface area (Å²) in [6.07, 6.45) is 2.07. The molecule has 0 radical (unpaired) electrons. The van der Waals surface area contributed by atoms with Gasteiger partial charge in [0.2, 0.25) is 0 Å². The van der Waals surface area contributed by atoms with E-state index in [1.165, 1.54) is 6.08 Å². The normalized spacial score (nSPS) is 13.5.